The molecule has 0 aliphatic rings. The molecule has 2 N–H and O–H groups in total. The fourth-order valence-corrected chi connectivity index (χ4v) is 2.67. The van der Waals surface area contributed by atoms with Crippen molar-refractivity contribution in [1.82, 2.24) is 10.6 Å². The molecule has 1 aromatic rings. The molecule has 7 heteroatoms. The molecular weight excluding hydrogens is 425 g/mol. The van der Waals surface area contributed by atoms with Gasteiger partial charge in [-0.2, -0.15) is 0 Å². The van der Waals surface area contributed by atoms with Gasteiger partial charge in [0.1, 0.15) is 0 Å². The lowest BCUT2D eigenvalue weighted by Crippen LogP contribution is -2.37. The molecule has 0 bridgehead atoms. The summed E-state index contributed by atoms with van der Waals surface area (Å²) in [6.07, 6.45) is 2.11. The average Bonchev–Trinajstić information content (AvgIpc) is 2.92. The van der Waals surface area contributed by atoms with Gasteiger partial charge in [0.25, 0.3) is 0 Å². The summed E-state index contributed by atoms with van der Waals surface area (Å²) in [5.41, 5.74) is 1.32. The second-order valence-electron chi connectivity index (χ2n) is 4.96. The van der Waals surface area contributed by atoms with Crippen LogP contribution in [0.4, 0.5) is 0 Å². The molecule has 0 unspecified atom stereocenters. The quantitative estimate of drug-likeness (QED) is 0.233. The number of aryl methyl sites for hydroxylation is 1. The lowest BCUT2D eigenvalue weighted by Gasteiger charge is -2.11. The third kappa shape index (κ3) is 10.9. The van der Waals surface area contributed by atoms with Gasteiger partial charge >= 0.3 is 0 Å². The molecule has 0 fully saturated rings. The molecule has 0 aromatic carbocycles. The molecule has 0 aliphatic carbocycles. The van der Waals surface area contributed by atoms with Crippen LogP contribution in [-0.4, -0.2) is 46.0 Å². The molecule has 1 aromatic heterocycles. The SMILES string of the molecule is CCNC(=NCc1sccc1C)NCCCCOCCOC.I. The lowest BCUT2D eigenvalue weighted by atomic mass is 10.3. The molecule has 0 atom stereocenters. The molecule has 0 spiro atoms. The minimum absolute atomic E-state index is 0. The zero-order valence-electron chi connectivity index (χ0n) is 14.4. The number of nitrogens with zero attached hydrogens (tertiary/aromatic N) is 1. The number of nitrogens with one attached hydrogen (secondary N) is 2. The first-order valence-electron chi connectivity index (χ1n) is 7.89. The third-order valence-electron chi connectivity index (χ3n) is 3.13. The highest BCUT2D eigenvalue weighted by Crippen LogP contribution is 2.16. The Hall–Kier alpha value is -0.380. The molecule has 0 amide bonds. The summed E-state index contributed by atoms with van der Waals surface area (Å²) >= 11 is 1.76. The summed E-state index contributed by atoms with van der Waals surface area (Å²) in [4.78, 5) is 5.96. The van der Waals surface area contributed by atoms with Crippen molar-refractivity contribution in [2.75, 3.05) is 40.0 Å². The maximum Gasteiger partial charge on any atom is 0.191 e. The monoisotopic (exact) mass is 455 g/mol. The van der Waals surface area contributed by atoms with Crippen LogP contribution in [0.25, 0.3) is 0 Å². The molecule has 5 nitrogen and oxygen atoms in total. The van der Waals surface area contributed by atoms with E-state index in [0.717, 1.165) is 45.0 Å². The average molecular weight is 455 g/mol. The normalized spacial score (nSPS) is 11.2. The number of rotatable bonds is 11. The van der Waals surface area contributed by atoms with E-state index >= 15 is 0 Å². The maximum absolute atomic E-state index is 5.44. The van der Waals surface area contributed by atoms with Crippen molar-refractivity contribution in [3.8, 4) is 0 Å². The number of ether oxygens (including phenoxy) is 2. The fourth-order valence-electron chi connectivity index (χ4n) is 1.84. The Morgan fingerprint density at radius 2 is 2.04 bits per heavy atom. The van der Waals surface area contributed by atoms with Gasteiger partial charge in [-0.15, -0.1) is 35.3 Å². The number of hydrogen-bond donors (Lipinski definition) is 2. The zero-order chi connectivity index (χ0) is 16.0. The standard InChI is InChI=1S/C16H29N3O2S.HI/c1-4-17-16(19-13-15-14(2)7-12-22-15)18-8-5-6-9-21-11-10-20-3;/h7,12H,4-6,8-11,13H2,1-3H3,(H2,17,18,19);1H. The fraction of sp³-hybridized carbons (Fsp3) is 0.688. The lowest BCUT2D eigenvalue weighted by molar-refractivity contribution is 0.0689. The number of halogens is 1. The van der Waals surface area contributed by atoms with Crippen molar-refractivity contribution in [1.29, 1.82) is 0 Å². The maximum atomic E-state index is 5.44. The highest BCUT2D eigenvalue weighted by Gasteiger charge is 2.00. The van der Waals surface area contributed by atoms with Gasteiger partial charge in [-0.3, -0.25) is 0 Å². The number of thiophene rings is 1. The predicted octanol–water partition coefficient (Wildman–Crippen LogP) is 3.17. The number of hydrogen-bond acceptors (Lipinski definition) is 4. The first-order chi connectivity index (χ1) is 10.8. The van der Waals surface area contributed by atoms with E-state index in [-0.39, 0.29) is 24.0 Å². The molecule has 0 saturated carbocycles. The molecular formula is C16H30IN3O2S. The van der Waals surface area contributed by atoms with Crippen molar-refractivity contribution in [3.63, 3.8) is 0 Å². The van der Waals surface area contributed by atoms with E-state index in [2.05, 4.69) is 40.9 Å². The van der Waals surface area contributed by atoms with E-state index in [9.17, 15) is 0 Å². The Bertz CT molecular complexity index is 427. The van der Waals surface area contributed by atoms with E-state index in [4.69, 9.17) is 9.47 Å². The van der Waals surface area contributed by atoms with Gasteiger partial charge in [-0.05, 0) is 43.7 Å². The second kappa shape index (κ2) is 15.2. The third-order valence-corrected chi connectivity index (χ3v) is 4.14. The largest absolute Gasteiger partial charge is 0.382 e. The van der Waals surface area contributed by atoms with E-state index < -0.39 is 0 Å². The van der Waals surface area contributed by atoms with Crippen molar-refractivity contribution >= 4 is 41.3 Å². The predicted molar refractivity (Wildman–Crippen MR) is 109 cm³/mol. The van der Waals surface area contributed by atoms with Crippen LogP contribution in [0, 0.1) is 6.92 Å². The molecule has 1 heterocycles. The number of aliphatic imine (C=N–C) groups is 1. The summed E-state index contributed by atoms with van der Waals surface area (Å²) in [7, 11) is 1.69. The minimum Gasteiger partial charge on any atom is -0.382 e. The van der Waals surface area contributed by atoms with E-state index in [1.807, 2.05) is 0 Å². The topological polar surface area (TPSA) is 54.9 Å². The summed E-state index contributed by atoms with van der Waals surface area (Å²) in [6.45, 7) is 8.85. The molecule has 0 radical (unpaired) electrons. The van der Waals surface area contributed by atoms with Gasteiger partial charge in [0.05, 0.1) is 19.8 Å². The van der Waals surface area contributed by atoms with Gasteiger partial charge < -0.3 is 20.1 Å². The van der Waals surface area contributed by atoms with E-state index in [0.29, 0.717) is 13.2 Å². The van der Waals surface area contributed by atoms with Gasteiger partial charge in [0.15, 0.2) is 5.96 Å². The summed E-state index contributed by atoms with van der Waals surface area (Å²) in [5, 5.41) is 8.76. The van der Waals surface area contributed by atoms with Gasteiger partial charge in [0.2, 0.25) is 0 Å². The van der Waals surface area contributed by atoms with Crippen LogP contribution in [0.15, 0.2) is 16.4 Å². The van der Waals surface area contributed by atoms with Crippen molar-refractivity contribution in [2.45, 2.75) is 33.2 Å². The molecule has 0 saturated heterocycles. The molecule has 1 rings (SSSR count). The Morgan fingerprint density at radius 3 is 2.70 bits per heavy atom. The Morgan fingerprint density at radius 1 is 1.22 bits per heavy atom. The van der Waals surface area contributed by atoms with Gasteiger partial charge in [-0.25, -0.2) is 4.99 Å². The Labute approximate surface area is 161 Å². The van der Waals surface area contributed by atoms with Gasteiger partial charge in [-0.1, -0.05) is 0 Å². The summed E-state index contributed by atoms with van der Waals surface area (Å²) < 4.78 is 10.4. The summed E-state index contributed by atoms with van der Waals surface area (Å²) in [5.74, 6) is 0.885. The van der Waals surface area contributed by atoms with Crippen LogP contribution in [0.1, 0.15) is 30.2 Å². The number of unbranched alkanes of at least 4 members (excludes halogenated alkanes) is 1. The van der Waals surface area contributed by atoms with Crippen LogP contribution < -0.4 is 10.6 Å². The van der Waals surface area contributed by atoms with Crippen LogP contribution >= 0.6 is 35.3 Å². The highest BCUT2D eigenvalue weighted by molar-refractivity contribution is 14.0. The van der Waals surface area contributed by atoms with Crippen LogP contribution in [0.5, 0.6) is 0 Å². The number of guanidine groups is 1. The Balaban J connectivity index is 0.00000484. The zero-order valence-corrected chi connectivity index (χ0v) is 17.5. The Kier molecular flexibility index (Phi) is 14.9. The molecule has 0 aliphatic heterocycles. The van der Waals surface area contributed by atoms with Crippen molar-refractivity contribution < 1.29 is 9.47 Å². The van der Waals surface area contributed by atoms with Crippen LogP contribution in [0.3, 0.4) is 0 Å². The number of methoxy groups -OCH3 is 1. The van der Waals surface area contributed by atoms with Crippen LogP contribution in [-0.2, 0) is 16.0 Å². The smallest absolute Gasteiger partial charge is 0.191 e. The highest BCUT2D eigenvalue weighted by atomic mass is 127. The van der Waals surface area contributed by atoms with E-state index in [1.54, 1.807) is 18.4 Å². The molecule has 134 valence electrons. The summed E-state index contributed by atoms with van der Waals surface area (Å²) in [6, 6.07) is 2.14. The first kappa shape index (κ1) is 22.6. The van der Waals surface area contributed by atoms with Gasteiger partial charge in [0, 0.05) is 31.7 Å². The van der Waals surface area contributed by atoms with Crippen LogP contribution in [0.2, 0.25) is 0 Å². The van der Waals surface area contributed by atoms with Crippen molar-refractivity contribution in [3.05, 3.63) is 21.9 Å². The second-order valence-corrected chi connectivity index (χ2v) is 5.96. The minimum atomic E-state index is 0. The first-order valence-corrected chi connectivity index (χ1v) is 8.77. The molecule has 23 heavy (non-hydrogen) atoms. The van der Waals surface area contributed by atoms with E-state index in [1.165, 1.54) is 10.4 Å². The van der Waals surface area contributed by atoms with Crippen molar-refractivity contribution in [2.24, 2.45) is 4.99 Å².